The van der Waals surface area contributed by atoms with Crippen LogP contribution in [0.2, 0.25) is 0 Å². The molecule has 44 heavy (non-hydrogen) atoms. The minimum absolute atomic E-state index is 0. The fraction of sp³-hybridized carbons (Fsp3) is 0.591. The van der Waals surface area contributed by atoms with Gasteiger partial charge in [0.15, 0.2) is 20.3 Å². The van der Waals surface area contributed by atoms with Gasteiger partial charge in [-0.15, -0.1) is 23.2 Å². The molecule has 0 aliphatic heterocycles. The predicted molar refractivity (Wildman–Crippen MR) is 150 cm³/mol. The zero-order valence-electron chi connectivity index (χ0n) is 24.7. The van der Waals surface area contributed by atoms with Gasteiger partial charge < -0.3 is 57.8 Å². The Morgan fingerprint density at radius 2 is 1.61 bits per heavy atom. The molecule has 2 unspecified atom stereocenters. The first kappa shape index (κ1) is 46.2. The Morgan fingerprint density at radius 3 is 2.18 bits per heavy atom. The van der Waals surface area contributed by atoms with Gasteiger partial charge in [0.25, 0.3) is 0 Å². The maximum Gasteiger partial charge on any atom is 1.00 e. The third-order valence-electron chi connectivity index (χ3n) is 5.42. The SMILES string of the molecule is CN(CCCOc1cccc(/C=N/NC(=O)OCCOC(=O)N(CCCl)CCCl)c1)CCC(O)(P(=O)([O-])O)P(=O)([O-])O.[Na+].[Na+]. The number of nitrogens with zero attached hydrogens (tertiary/aromatic N) is 3. The first-order valence-corrected chi connectivity index (χ1v) is 16.6. The smallest absolute Gasteiger partial charge is 0.776 e. The van der Waals surface area contributed by atoms with Crippen molar-refractivity contribution in [3.05, 3.63) is 29.8 Å². The van der Waals surface area contributed by atoms with Crippen molar-refractivity contribution in [1.29, 1.82) is 0 Å². The van der Waals surface area contributed by atoms with Crippen LogP contribution in [0.25, 0.3) is 0 Å². The summed E-state index contributed by atoms with van der Waals surface area (Å²) in [6.45, 7) is 0.384. The van der Waals surface area contributed by atoms with E-state index in [1.165, 1.54) is 23.1 Å². The summed E-state index contributed by atoms with van der Waals surface area (Å²) in [6, 6.07) is 6.68. The molecule has 0 aromatic heterocycles. The molecular weight excluding hydrogens is 691 g/mol. The van der Waals surface area contributed by atoms with Gasteiger partial charge in [-0.2, -0.15) is 5.10 Å². The molecule has 1 aromatic rings. The fourth-order valence-electron chi connectivity index (χ4n) is 3.15. The van der Waals surface area contributed by atoms with E-state index in [2.05, 4.69) is 10.5 Å². The van der Waals surface area contributed by atoms with Crippen LogP contribution in [0.4, 0.5) is 9.59 Å². The van der Waals surface area contributed by atoms with Crippen LogP contribution in [0, 0.1) is 0 Å². The third-order valence-corrected chi connectivity index (χ3v) is 9.54. The number of nitrogens with one attached hydrogen (secondary N) is 1. The number of hydrogen-bond acceptors (Lipinski definition) is 12. The van der Waals surface area contributed by atoms with Gasteiger partial charge >= 0.3 is 71.3 Å². The van der Waals surface area contributed by atoms with E-state index in [4.69, 9.17) is 47.2 Å². The van der Waals surface area contributed by atoms with Crippen molar-refractivity contribution in [2.24, 2.45) is 5.10 Å². The molecule has 16 nitrogen and oxygen atoms in total. The number of rotatable bonds is 19. The Morgan fingerprint density at radius 1 is 1.02 bits per heavy atom. The average molecular weight is 725 g/mol. The maximum absolute atomic E-state index is 11.9. The molecule has 2 atom stereocenters. The molecule has 0 fully saturated rings. The molecule has 0 saturated carbocycles. The normalized spacial score (nSPS) is 15.1. The molecule has 0 aliphatic rings. The molecule has 4 N–H and O–H groups in total. The maximum atomic E-state index is 11.9. The number of amides is 2. The molecule has 0 bridgehead atoms. The summed E-state index contributed by atoms with van der Waals surface area (Å²) in [6.07, 6.45) is -0.708. The minimum Gasteiger partial charge on any atom is -0.776 e. The number of hydrogen-bond donors (Lipinski definition) is 4. The van der Waals surface area contributed by atoms with E-state index in [0.717, 1.165) is 0 Å². The van der Waals surface area contributed by atoms with E-state index in [1.54, 1.807) is 24.3 Å². The Balaban J connectivity index is 0. The fourth-order valence-corrected chi connectivity index (χ4v) is 5.60. The summed E-state index contributed by atoms with van der Waals surface area (Å²) < 4.78 is 38.1. The summed E-state index contributed by atoms with van der Waals surface area (Å²) >= 11 is 11.2. The molecule has 1 aromatic carbocycles. The van der Waals surface area contributed by atoms with Crippen LogP contribution in [0.5, 0.6) is 5.75 Å². The molecule has 2 amide bonds. The van der Waals surface area contributed by atoms with Crippen molar-refractivity contribution in [3.8, 4) is 5.75 Å². The van der Waals surface area contributed by atoms with E-state index in [9.17, 15) is 33.6 Å². The van der Waals surface area contributed by atoms with Gasteiger partial charge in [0.2, 0.25) is 0 Å². The summed E-state index contributed by atoms with van der Waals surface area (Å²) in [4.78, 5) is 67.1. The monoisotopic (exact) mass is 724 g/mol. The number of hydrazone groups is 1. The predicted octanol–water partition coefficient (Wildman–Crippen LogP) is -5.50. The second kappa shape index (κ2) is 23.4. The van der Waals surface area contributed by atoms with Crippen molar-refractivity contribution in [2.75, 3.05) is 64.8 Å². The van der Waals surface area contributed by atoms with Crippen LogP contribution >= 0.6 is 38.4 Å². The molecule has 0 radical (unpaired) electrons. The summed E-state index contributed by atoms with van der Waals surface area (Å²) in [5.41, 5.74) is 2.74. The van der Waals surface area contributed by atoms with E-state index in [-0.39, 0.29) is 110 Å². The number of halogens is 2. The average Bonchev–Trinajstić information content (AvgIpc) is 2.91. The zero-order valence-corrected chi connectivity index (χ0v) is 32.0. The third kappa shape index (κ3) is 17.3. The van der Waals surface area contributed by atoms with Gasteiger partial charge in [0, 0.05) is 44.4 Å². The molecule has 240 valence electrons. The topological polar surface area (TPSA) is 234 Å². The largest absolute Gasteiger partial charge is 1.00 e. The van der Waals surface area contributed by atoms with Crippen LogP contribution in [-0.4, -0.2) is 113 Å². The van der Waals surface area contributed by atoms with Gasteiger partial charge in [-0.05, 0) is 31.2 Å². The van der Waals surface area contributed by atoms with Gasteiger partial charge in [-0.25, -0.2) is 15.0 Å². The standard InChI is InChI=1S/C22H36Cl2N4O12P2.2Na/c1-27(10-6-22(31,41(32,33)34)42(35,36)37)9-3-13-38-19-5-2-4-18(16-19)17-25-26-20(29)39-14-15-40-21(30)28(11-7-23)12-8-24;;/h2,4-5,16-17,31H,3,6-15H2,1H3,(H,26,29)(H2,32,33,34)(H2,35,36,37);;/q;2*+1/p-2/b25-17+;;. The van der Waals surface area contributed by atoms with Crippen molar-refractivity contribution >= 4 is 56.8 Å². The second-order valence-electron chi connectivity index (χ2n) is 8.63. The molecular formula is C22H34Cl2N4Na2O12P2. The molecule has 0 aliphatic carbocycles. The van der Waals surface area contributed by atoms with Crippen LogP contribution in [-0.2, 0) is 18.6 Å². The second-order valence-corrected chi connectivity index (χ2v) is 13.3. The van der Waals surface area contributed by atoms with E-state index < -0.39 is 38.9 Å². The molecule has 0 heterocycles. The van der Waals surface area contributed by atoms with Crippen molar-refractivity contribution in [1.82, 2.24) is 15.2 Å². The molecule has 1 rings (SSSR count). The molecule has 22 heteroatoms. The number of carbonyl (C=O) groups is 2. The van der Waals surface area contributed by atoms with Crippen LogP contribution in [0.3, 0.4) is 0 Å². The number of carbonyl (C=O) groups excluding carboxylic acids is 2. The van der Waals surface area contributed by atoms with Crippen molar-refractivity contribution in [3.63, 3.8) is 0 Å². The first-order valence-electron chi connectivity index (χ1n) is 12.4. The molecule has 0 saturated heterocycles. The van der Waals surface area contributed by atoms with Crippen LogP contribution in [0.15, 0.2) is 29.4 Å². The van der Waals surface area contributed by atoms with E-state index >= 15 is 0 Å². The van der Waals surface area contributed by atoms with Gasteiger partial charge in [0.1, 0.15) is 19.0 Å². The van der Waals surface area contributed by atoms with E-state index in [0.29, 0.717) is 24.3 Å². The summed E-state index contributed by atoms with van der Waals surface area (Å²) in [5.74, 6) is 0.908. The van der Waals surface area contributed by atoms with Gasteiger partial charge in [0.05, 0.1) is 12.8 Å². The Bertz CT molecular complexity index is 1100. The van der Waals surface area contributed by atoms with Crippen LogP contribution < -0.4 is 79.1 Å². The van der Waals surface area contributed by atoms with Gasteiger partial charge in [-0.3, -0.25) is 0 Å². The zero-order chi connectivity index (χ0) is 31.8. The van der Waals surface area contributed by atoms with Gasteiger partial charge in [-0.1, -0.05) is 12.1 Å². The number of benzene rings is 1. The van der Waals surface area contributed by atoms with Crippen molar-refractivity contribution in [2.45, 2.75) is 17.9 Å². The Hall–Kier alpha value is 0.0300. The Kier molecular flexibility index (Phi) is 24.5. The van der Waals surface area contributed by atoms with Crippen LogP contribution in [0.1, 0.15) is 18.4 Å². The minimum atomic E-state index is -5.81. The Labute approximate surface area is 309 Å². The van der Waals surface area contributed by atoms with E-state index in [1.807, 2.05) is 0 Å². The number of aliphatic hydroxyl groups is 1. The summed E-state index contributed by atoms with van der Waals surface area (Å²) in [7, 11) is -10.1. The number of alkyl halides is 2. The van der Waals surface area contributed by atoms with Crippen molar-refractivity contribution < 1.29 is 117 Å². The number of ether oxygens (including phenoxy) is 3. The quantitative estimate of drug-likeness (QED) is 0.0261. The molecule has 0 spiro atoms. The summed E-state index contributed by atoms with van der Waals surface area (Å²) in [5, 5.41) is 9.91. The first-order chi connectivity index (χ1) is 19.6.